The topological polar surface area (TPSA) is 115 Å². The van der Waals surface area contributed by atoms with Crippen LogP contribution in [0.5, 0.6) is 0 Å². The maximum absolute atomic E-state index is 10.9. The van der Waals surface area contributed by atoms with Crippen molar-refractivity contribution in [1.29, 1.82) is 0 Å². The van der Waals surface area contributed by atoms with Gasteiger partial charge < -0.3 is 11.5 Å². The Balaban J connectivity index is 3.80. The minimum Gasteiger partial charge on any atom is -0.369 e. The fourth-order valence-electron chi connectivity index (χ4n) is 0.527. The molecule has 0 bridgehead atoms. The Morgan fingerprint density at radius 3 is 2.42 bits per heavy atom. The van der Waals surface area contributed by atoms with Gasteiger partial charge in [0.15, 0.2) is 0 Å². The van der Waals surface area contributed by atoms with E-state index in [1.807, 2.05) is 4.72 Å². The second kappa shape index (κ2) is 5.07. The lowest BCUT2D eigenvalue weighted by atomic mass is 10.5. The zero-order chi connectivity index (χ0) is 9.61. The number of carbonyl (C=O) groups is 1. The van der Waals surface area contributed by atoms with Crippen LogP contribution in [0, 0.1) is 0 Å². The Kier molecular flexibility index (Phi) is 4.79. The molecule has 0 saturated carbocycles. The Morgan fingerprint density at radius 2 is 2.00 bits per heavy atom. The van der Waals surface area contributed by atoms with Gasteiger partial charge in [-0.3, -0.25) is 4.79 Å². The molecule has 0 aromatic heterocycles. The van der Waals surface area contributed by atoms with E-state index in [0.29, 0.717) is 13.0 Å². The highest BCUT2D eigenvalue weighted by Gasteiger charge is 2.09. The summed E-state index contributed by atoms with van der Waals surface area (Å²) in [6.45, 7) is -0.0512. The number of carbonyl (C=O) groups excluding carboxylic acids is 1. The molecule has 0 aliphatic heterocycles. The second-order valence-electron chi connectivity index (χ2n) is 2.25. The van der Waals surface area contributed by atoms with Crippen LogP contribution in [0.2, 0.25) is 0 Å². The zero-order valence-electron chi connectivity index (χ0n) is 6.62. The molecule has 0 aromatic carbocycles. The first-order chi connectivity index (χ1) is 5.48. The van der Waals surface area contributed by atoms with Gasteiger partial charge in [-0.05, 0) is 13.0 Å². The number of nitrogens with one attached hydrogen (secondary N) is 1. The van der Waals surface area contributed by atoms with Crippen LogP contribution in [-0.4, -0.2) is 33.2 Å². The summed E-state index contributed by atoms with van der Waals surface area (Å²) in [5.74, 6) is -0.775. The van der Waals surface area contributed by atoms with Gasteiger partial charge in [0.1, 0.15) is 0 Å². The highest BCUT2D eigenvalue weighted by Crippen LogP contribution is 1.86. The van der Waals surface area contributed by atoms with Gasteiger partial charge in [0.05, 0.1) is 12.3 Å². The summed E-state index contributed by atoms with van der Waals surface area (Å²) < 4.78 is 23.9. The Labute approximate surface area is 71.4 Å². The molecule has 0 aromatic rings. The molecule has 72 valence electrons. The lowest BCUT2D eigenvalue weighted by Crippen LogP contribution is -2.35. The summed E-state index contributed by atoms with van der Waals surface area (Å²) in [4.78, 5) is 10.2. The third kappa shape index (κ3) is 6.08. The number of rotatable bonds is 6. The fraction of sp³-hybridized carbons (Fsp3) is 0.800. The van der Waals surface area contributed by atoms with Gasteiger partial charge in [0, 0.05) is 0 Å². The van der Waals surface area contributed by atoms with Crippen LogP contribution in [0.1, 0.15) is 6.42 Å². The number of nitrogens with two attached hydrogens (primary N) is 2. The molecule has 0 aliphatic carbocycles. The van der Waals surface area contributed by atoms with E-state index in [9.17, 15) is 13.2 Å². The van der Waals surface area contributed by atoms with Crippen molar-refractivity contribution >= 4 is 15.9 Å². The summed E-state index contributed by atoms with van der Waals surface area (Å²) in [6, 6.07) is 0. The molecule has 6 nitrogen and oxygen atoms in total. The van der Waals surface area contributed by atoms with Crippen molar-refractivity contribution in [3.8, 4) is 0 Å². The van der Waals surface area contributed by atoms with Crippen LogP contribution in [0.3, 0.4) is 0 Å². The van der Waals surface area contributed by atoms with Gasteiger partial charge in [0.2, 0.25) is 15.9 Å². The minimum atomic E-state index is -3.37. The van der Waals surface area contributed by atoms with Gasteiger partial charge in [-0.15, -0.1) is 0 Å². The van der Waals surface area contributed by atoms with Gasteiger partial charge in [-0.1, -0.05) is 0 Å². The quantitative estimate of drug-likeness (QED) is 0.443. The van der Waals surface area contributed by atoms with E-state index < -0.39 is 15.9 Å². The lowest BCUT2D eigenvalue weighted by molar-refractivity contribution is -0.116. The average Bonchev–Trinajstić information content (AvgIpc) is 1.98. The van der Waals surface area contributed by atoms with Crippen LogP contribution in [0.4, 0.5) is 0 Å². The molecule has 12 heavy (non-hydrogen) atoms. The van der Waals surface area contributed by atoms with E-state index in [4.69, 9.17) is 11.5 Å². The van der Waals surface area contributed by atoms with Crippen molar-refractivity contribution in [2.75, 3.05) is 18.8 Å². The van der Waals surface area contributed by atoms with Crippen LogP contribution in [-0.2, 0) is 14.8 Å². The first kappa shape index (κ1) is 11.3. The standard InChI is InChI=1S/C5H13N3O3S/c6-2-1-3-12(10,11)8-4-5(7)9/h8H,1-4,6H2,(H2,7,9). The normalized spacial score (nSPS) is 11.4. The molecule has 0 aliphatic rings. The molecule has 0 fully saturated rings. The largest absolute Gasteiger partial charge is 0.369 e. The van der Waals surface area contributed by atoms with Crippen LogP contribution < -0.4 is 16.2 Å². The molecule has 1 amide bonds. The van der Waals surface area contributed by atoms with Crippen molar-refractivity contribution in [1.82, 2.24) is 4.72 Å². The van der Waals surface area contributed by atoms with Crippen LogP contribution >= 0.6 is 0 Å². The summed E-state index contributed by atoms with van der Waals surface area (Å²) in [5.41, 5.74) is 9.85. The highest BCUT2D eigenvalue weighted by molar-refractivity contribution is 7.89. The smallest absolute Gasteiger partial charge is 0.232 e. The zero-order valence-corrected chi connectivity index (χ0v) is 7.43. The minimum absolute atomic E-state index is 0.0726. The molecule has 5 N–H and O–H groups in total. The van der Waals surface area contributed by atoms with Gasteiger partial charge >= 0.3 is 0 Å². The summed E-state index contributed by atoms with van der Waals surface area (Å²) >= 11 is 0. The molecule has 0 heterocycles. The van der Waals surface area contributed by atoms with Crippen molar-refractivity contribution in [2.45, 2.75) is 6.42 Å². The Hall–Kier alpha value is -0.660. The summed E-state index contributed by atoms with van der Waals surface area (Å²) in [7, 11) is -3.37. The predicted molar refractivity (Wildman–Crippen MR) is 44.7 cm³/mol. The van der Waals surface area contributed by atoms with Gasteiger partial charge in [-0.25, -0.2) is 13.1 Å². The molecular formula is C5H13N3O3S. The molecule has 0 spiro atoms. The molecule has 0 unspecified atom stereocenters. The maximum Gasteiger partial charge on any atom is 0.232 e. The number of sulfonamides is 1. The summed E-state index contributed by atoms with van der Waals surface area (Å²) in [6.07, 6.45) is 0.369. The molecule has 7 heteroatoms. The maximum atomic E-state index is 10.9. The SMILES string of the molecule is NCCCS(=O)(=O)NCC(N)=O. The number of amides is 1. The number of hydrogen-bond acceptors (Lipinski definition) is 4. The third-order valence-corrected chi connectivity index (χ3v) is 2.49. The molecule has 0 radical (unpaired) electrons. The van der Waals surface area contributed by atoms with E-state index in [2.05, 4.69) is 0 Å². The van der Waals surface area contributed by atoms with Crippen LogP contribution in [0.15, 0.2) is 0 Å². The molecule has 0 rings (SSSR count). The van der Waals surface area contributed by atoms with Crippen molar-refractivity contribution in [2.24, 2.45) is 11.5 Å². The predicted octanol–water partition coefficient (Wildman–Crippen LogP) is -2.26. The number of primary amides is 1. The molecular weight excluding hydrogens is 182 g/mol. The van der Waals surface area contributed by atoms with Crippen molar-refractivity contribution < 1.29 is 13.2 Å². The van der Waals surface area contributed by atoms with E-state index >= 15 is 0 Å². The fourth-order valence-corrected chi connectivity index (χ4v) is 1.58. The van der Waals surface area contributed by atoms with E-state index in [-0.39, 0.29) is 12.3 Å². The average molecular weight is 195 g/mol. The molecule has 0 saturated heterocycles. The van der Waals surface area contributed by atoms with E-state index in [0.717, 1.165) is 0 Å². The first-order valence-electron chi connectivity index (χ1n) is 3.43. The van der Waals surface area contributed by atoms with Crippen molar-refractivity contribution in [3.05, 3.63) is 0 Å². The number of hydrogen-bond donors (Lipinski definition) is 3. The monoisotopic (exact) mass is 195 g/mol. The van der Waals surface area contributed by atoms with Gasteiger partial charge in [0.25, 0.3) is 0 Å². The lowest BCUT2D eigenvalue weighted by Gasteiger charge is -2.02. The first-order valence-corrected chi connectivity index (χ1v) is 5.09. The Bertz CT molecular complexity index is 236. The summed E-state index contributed by atoms with van der Waals surface area (Å²) in [5, 5.41) is 0. The molecule has 0 atom stereocenters. The van der Waals surface area contributed by atoms with E-state index in [1.165, 1.54) is 0 Å². The third-order valence-electron chi connectivity index (χ3n) is 1.08. The van der Waals surface area contributed by atoms with Crippen LogP contribution in [0.25, 0.3) is 0 Å². The van der Waals surface area contributed by atoms with E-state index in [1.54, 1.807) is 0 Å². The highest BCUT2D eigenvalue weighted by atomic mass is 32.2. The Morgan fingerprint density at radius 1 is 1.42 bits per heavy atom. The van der Waals surface area contributed by atoms with Gasteiger partial charge in [-0.2, -0.15) is 0 Å². The van der Waals surface area contributed by atoms with Crippen molar-refractivity contribution in [3.63, 3.8) is 0 Å². The second-order valence-corrected chi connectivity index (χ2v) is 4.17.